The molecule has 5 heteroatoms. The average molecular weight is 282 g/mol. The fraction of sp³-hybridized carbons (Fsp3) is 0.267. The minimum absolute atomic E-state index is 0.118. The summed E-state index contributed by atoms with van der Waals surface area (Å²) in [5.74, 6) is 0.621. The molecule has 0 aliphatic rings. The smallest absolute Gasteiger partial charge is 0.416 e. The zero-order chi connectivity index (χ0) is 15.2. The molecule has 20 heavy (non-hydrogen) atoms. The van der Waals surface area contributed by atoms with Gasteiger partial charge in [-0.05, 0) is 24.1 Å². The first-order valence-corrected chi connectivity index (χ1v) is 5.84. The molecule has 0 unspecified atom stereocenters. The number of halogens is 3. The molecule has 0 aromatic heterocycles. The second-order valence-electron chi connectivity index (χ2n) is 4.20. The molecule has 1 rings (SSSR count). The van der Waals surface area contributed by atoms with Crippen molar-refractivity contribution in [2.24, 2.45) is 5.92 Å². The van der Waals surface area contributed by atoms with Crippen molar-refractivity contribution in [1.29, 1.82) is 0 Å². The molecule has 0 bridgehead atoms. The van der Waals surface area contributed by atoms with Crippen LogP contribution >= 0.6 is 0 Å². The molecule has 1 aromatic rings. The number of alkyl halides is 3. The Morgan fingerprint density at radius 1 is 1.35 bits per heavy atom. The number of benzene rings is 1. The van der Waals surface area contributed by atoms with E-state index >= 15 is 0 Å². The minimum Gasteiger partial charge on any atom is -0.481 e. The minimum atomic E-state index is -4.36. The third kappa shape index (κ3) is 4.81. The first kappa shape index (κ1) is 15.8. The molecular formula is C15H13F3O2. The van der Waals surface area contributed by atoms with Gasteiger partial charge in [-0.3, -0.25) is 4.79 Å². The van der Waals surface area contributed by atoms with Crippen LogP contribution in [0.3, 0.4) is 0 Å². The van der Waals surface area contributed by atoms with Gasteiger partial charge in [0.15, 0.2) is 0 Å². The van der Waals surface area contributed by atoms with Gasteiger partial charge in [0.2, 0.25) is 0 Å². The molecule has 0 aliphatic heterocycles. The highest BCUT2D eigenvalue weighted by Gasteiger charge is 2.29. The summed E-state index contributed by atoms with van der Waals surface area (Å²) in [5.41, 5.74) is -0.145. The number of carboxylic acid groups (broad SMARTS) is 1. The molecule has 0 radical (unpaired) electrons. The number of carbonyl (C=O) groups is 1. The Hall–Kier alpha value is -2.22. The van der Waals surface area contributed by atoms with E-state index < -0.39 is 23.6 Å². The first-order chi connectivity index (χ1) is 9.34. The molecule has 0 saturated heterocycles. The van der Waals surface area contributed by atoms with Crippen LogP contribution in [-0.4, -0.2) is 11.1 Å². The Balaban J connectivity index is 2.67. The van der Waals surface area contributed by atoms with Crippen LogP contribution in [-0.2, 0) is 11.0 Å². The van der Waals surface area contributed by atoms with Crippen LogP contribution in [0.5, 0.6) is 0 Å². The summed E-state index contributed by atoms with van der Waals surface area (Å²) < 4.78 is 37.0. The van der Waals surface area contributed by atoms with Crippen LogP contribution in [0, 0.1) is 18.3 Å². The van der Waals surface area contributed by atoms with E-state index in [2.05, 4.69) is 5.92 Å². The maximum Gasteiger partial charge on any atom is 0.416 e. The third-order valence-corrected chi connectivity index (χ3v) is 2.68. The number of hydrogen-bond donors (Lipinski definition) is 1. The van der Waals surface area contributed by atoms with E-state index in [0.717, 1.165) is 12.1 Å². The largest absolute Gasteiger partial charge is 0.481 e. The molecule has 0 saturated carbocycles. The second-order valence-corrected chi connectivity index (χ2v) is 4.20. The molecule has 0 heterocycles. The van der Waals surface area contributed by atoms with Gasteiger partial charge in [-0.25, -0.2) is 0 Å². The monoisotopic (exact) mass is 282 g/mol. The zero-order valence-corrected chi connectivity index (χ0v) is 10.5. The molecule has 2 nitrogen and oxygen atoms in total. The van der Waals surface area contributed by atoms with Crippen molar-refractivity contribution in [3.63, 3.8) is 0 Å². The molecule has 0 fully saturated rings. The van der Waals surface area contributed by atoms with E-state index in [1.54, 1.807) is 12.2 Å². The number of hydrogen-bond acceptors (Lipinski definition) is 1. The summed E-state index contributed by atoms with van der Waals surface area (Å²) in [4.78, 5) is 10.8. The van der Waals surface area contributed by atoms with Crippen molar-refractivity contribution in [3.05, 3.63) is 41.5 Å². The fourth-order valence-corrected chi connectivity index (χ4v) is 1.57. The molecule has 1 atom stereocenters. The van der Waals surface area contributed by atoms with Crippen LogP contribution < -0.4 is 0 Å². The van der Waals surface area contributed by atoms with Crippen molar-refractivity contribution in [2.75, 3.05) is 0 Å². The summed E-state index contributed by atoms with van der Waals surface area (Å²) in [7, 11) is 0. The Kier molecular flexibility index (Phi) is 5.39. The normalized spacial score (nSPS) is 13.1. The highest BCUT2D eigenvalue weighted by atomic mass is 19.4. The SMILES string of the molecule is C#CC[C@H](C/C=C/c1ccc(C(F)(F)F)cc1)C(=O)O. The average Bonchev–Trinajstić information content (AvgIpc) is 2.37. The van der Waals surface area contributed by atoms with Crippen molar-refractivity contribution >= 4 is 12.0 Å². The zero-order valence-electron chi connectivity index (χ0n) is 10.5. The molecule has 106 valence electrons. The number of terminal acetylenes is 1. The van der Waals surface area contributed by atoms with E-state index in [0.29, 0.717) is 5.56 Å². The summed E-state index contributed by atoms with van der Waals surface area (Å²) in [6.07, 6.45) is 4.23. The summed E-state index contributed by atoms with van der Waals surface area (Å²) in [5, 5.41) is 8.87. The molecular weight excluding hydrogens is 269 g/mol. The van der Waals surface area contributed by atoms with Crippen LogP contribution in [0.4, 0.5) is 13.2 Å². The standard InChI is InChI=1S/C15H13F3O2/c1-2-4-12(14(19)20)6-3-5-11-7-9-13(10-8-11)15(16,17)18/h1,3,5,7-10,12H,4,6H2,(H,19,20)/b5-3+/t12-/m1/s1. The molecule has 0 aliphatic carbocycles. The maximum absolute atomic E-state index is 12.3. The third-order valence-electron chi connectivity index (χ3n) is 2.68. The van der Waals surface area contributed by atoms with E-state index in [1.807, 2.05) is 0 Å². The Morgan fingerprint density at radius 3 is 2.40 bits per heavy atom. The van der Waals surface area contributed by atoms with Crippen LogP contribution in [0.15, 0.2) is 30.3 Å². The van der Waals surface area contributed by atoms with E-state index in [-0.39, 0.29) is 12.8 Å². The predicted octanol–water partition coefficient (Wildman–Crippen LogP) is 3.83. The summed E-state index contributed by atoms with van der Waals surface area (Å²) >= 11 is 0. The van der Waals surface area contributed by atoms with Gasteiger partial charge in [0.1, 0.15) is 0 Å². The van der Waals surface area contributed by atoms with Gasteiger partial charge in [-0.2, -0.15) is 13.2 Å². The van der Waals surface area contributed by atoms with E-state index in [9.17, 15) is 18.0 Å². The van der Waals surface area contributed by atoms with Gasteiger partial charge in [0.05, 0.1) is 11.5 Å². The molecule has 0 spiro atoms. The lowest BCUT2D eigenvalue weighted by atomic mass is 10.0. The van der Waals surface area contributed by atoms with Gasteiger partial charge in [-0.1, -0.05) is 24.3 Å². The van der Waals surface area contributed by atoms with Crippen LogP contribution in [0.25, 0.3) is 6.08 Å². The fourth-order valence-electron chi connectivity index (χ4n) is 1.57. The van der Waals surface area contributed by atoms with Gasteiger partial charge in [0.25, 0.3) is 0 Å². The molecule has 1 N–H and O–H groups in total. The van der Waals surface area contributed by atoms with Crippen LogP contribution in [0.1, 0.15) is 24.0 Å². The quantitative estimate of drug-likeness (QED) is 0.833. The lowest BCUT2D eigenvalue weighted by Gasteiger charge is -2.06. The molecule has 0 amide bonds. The molecule has 1 aromatic carbocycles. The van der Waals surface area contributed by atoms with Gasteiger partial charge >= 0.3 is 12.1 Å². The van der Waals surface area contributed by atoms with E-state index in [4.69, 9.17) is 11.5 Å². The van der Waals surface area contributed by atoms with Crippen molar-refractivity contribution in [2.45, 2.75) is 19.0 Å². The van der Waals surface area contributed by atoms with Gasteiger partial charge < -0.3 is 5.11 Å². The summed E-state index contributed by atoms with van der Waals surface area (Å²) in [6, 6.07) is 4.62. The number of aliphatic carboxylic acids is 1. The highest BCUT2D eigenvalue weighted by Crippen LogP contribution is 2.29. The van der Waals surface area contributed by atoms with Crippen molar-refractivity contribution in [3.8, 4) is 12.3 Å². The Bertz CT molecular complexity index is 522. The van der Waals surface area contributed by atoms with E-state index in [1.165, 1.54) is 12.1 Å². The first-order valence-electron chi connectivity index (χ1n) is 5.84. The van der Waals surface area contributed by atoms with Gasteiger partial charge in [-0.15, -0.1) is 12.3 Å². The number of carboxylic acids is 1. The predicted molar refractivity (Wildman–Crippen MR) is 69.7 cm³/mol. The number of rotatable bonds is 5. The Labute approximate surface area is 114 Å². The van der Waals surface area contributed by atoms with Crippen molar-refractivity contribution < 1.29 is 23.1 Å². The van der Waals surface area contributed by atoms with Crippen LogP contribution in [0.2, 0.25) is 0 Å². The summed E-state index contributed by atoms with van der Waals surface area (Å²) in [6.45, 7) is 0. The van der Waals surface area contributed by atoms with Crippen molar-refractivity contribution in [1.82, 2.24) is 0 Å². The lowest BCUT2D eigenvalue weighted by molar-refractivity contribution is -0.141. The van der Waals surface area contributed by atoms with Gasteiger partial charge in [0, 0.05) is 6.42 Å². The number of allylic oxidation sites excluding steroid dienone is 1. The topological polar surface area (TPSA) is 37.3 Å². The maximum atomic E-state index is 12.3. The Morgan fingerprint density at radius 2 is 1.95 bits per heavy atom. The highest BCUT2D eigenvalue weighted by molar-refractivity contribution is 5.70. The second kappa shape index (κ2) is 6.80. The lowest BCUT2D eigenvalue weighted by Crippen LogP contribution is -2.11.